The highest BCUT2D eigenvalue weighted by atomic mass is 32.2. The fraction of sp³-hybridized carbons (Fsp3) is 0.583. The van der Waals surface area contributed by atoms with E-state index in [1.165, 1.54) is 15.6 Å². The predicted molar refractivity (Wildman–Crippen MR) is 74.4 cm³/mol. The van der Waals surface area contributed by atoms with Gasteiger partial charge in [0.1, 0.15) is 4.21 Å². The van der Waals surface area contributed by atoms with Crippen molar-refractivity contribution in [2.75, 3.05) is 19.8 Å². The number of carboxylic acids is 1. The number of carboxylic acid groups (broad SMARTS) is 1. The van der Waals surface area contributed by atoms with Crippen molar-refractivity contribution < 1.29 is 23.1 Å². The number of hydrogen-bond acceptors (Lipinski definition) is 5. The fourth-order valence-corrected chi connectivity index (χ4v) is 5.38. The Kier molecular flexibility index (Phi) is 4.48. The second-order valence-corrected chi connectivity index (χ2v) is 8.03. The third kappa shape index (κ3) is 2.73. The summed E-state index contributed by atoms with van der Waals surface area (Å²) in [6.07, 6.45) is 0. The third-order valence-corrected chi connectivity index (χ3v) is 6.80. The molecule has 0 radical (unpaired) electrons. The number of ether oxygens (including phenoxy) is 1. The van der Waals surface area contributed by atoms with Crippen molar-refractivity contribution >= 4 is 27.3 Å². The van der Waals surface area contributed by atoms with E-state index < -0.39 is 28.0 Å². The van der Waals surface area contributed by atoms with Crippen LogP contribution in [0.4, 0.5) is 0 Å². The van der Waals surface area contributed by atoms with Crippen LogP contribution < -0.4 is 0 Å². The molecular formula is C12H17NO5S2. The second kappa shape index (κ2) is 5.80. The molecule has 0 saturated carbocycles. The third-order valence-electron chi connectivity index (χ3n) is 3.33. The smallest absolute Gasteiger partial charge is 0.310 e. The highest BCUT2D eigenvalue weighted by molar-refractivity contribution is 7.91. The van der Waals surface area contributed by atoms with Crippen LogP contribution in [0.25, 0.3) is 0 Å². The van der Waals surface area contributed by atoms with E-state index in [4.69, 9.17) is 9.84 Å². The maximum atomic E-state index is 12.6. The molecule has 1 fully saturated rings. The summed E-state index contributed by atoms with van der Waals surface area (Å²) in [4.78, 5) is 12.1. The van der Waals surface area contributed by atoms with Gasteiger partial charge in [0.05, 0.1) is 25.2 Å². The highest BCUT2D eigenvalue weighted by Gasteiger charge is 2.42. The number of thiophene rings is 1. The van der Waals surface area contributed by atoms with E-state index in [1.807, 2.05) is 6.92 Å². The number of sulfonamides is 1. The summed E-state index contributed by atoms with van der Waals surface area (Å²) in [5.74, 6) is -1.84. The molecule has 1 aromatic rings. The van der Waals surface area contributed by atoms with Gasteiger partial charge in [-0.3, -0.25) is 4.79 Å². The second-order valence-electron chi connectivity index (χ2n) is 4.62. The van der Waals surface area contributed by atoms with Crippen molar-refractivity contribution in [3.05, 3.63) is 17.0 Å². The Morgan fingerprint density at radius 3 is 2.70 bits per heavy atom. The molecule has 1 aromatic heterocycles. The van der Waals surface area contributed by atoms with Gasteiger partial charge in [-0.05, 0) is 19.1 Å². The van der Waals surface area contributed by atoms with Crippen LogP contribution in [0.1, 0.15) is 11.8 Å². The van der Waals surface area contributed by atoms with Gasteiger partial charge in [-0.15, -0.1) is 11.3 Å². The molecule has 0 aliphatic carbocycles. The van der Waals surface area contributed by atoms with Gasteiger partial charge in [0.25, 0.3) is 10.0 Å². The van der Waals surface area contributed by atoms with E-state index in [1.54, 1.807) is 19.1 Å². The molecule has 2 heterocycles. The summed E-state index contributed by atoms with van der Waals surface area (Å²) in [5.41, 5.74) is 0. The largest absolute Gasteiger partial charge is 0.481 e. The van der Waals surface area contributed by atoms with Crippen molar-refractivity contribution in [2.45, 2.75) is 24.1 Å². The van der Waals surface area contributed by atoms with Crippen LogP contribution in [0.3, 0.4) is 0 Å². The number of rotatable bonds is 5. The molecule has 0 bridgehead atoms. The van der Waals surface area contributed by atoms with Crippen LogP contribution in [0.2, 0.25) is 0 Å². The summed E-state index contributed by atoms with van der Waals surface area (Å²) >= 11 is 1.19. The molecule has 0 amide bonds. The minimum Gasteiger partial charge on any atom is -0.481 e. The molecule has 1 saturated heterocycles. The first-order valence-corrected chi connectivity index (χ1v) is 8.52. The van der Waals surface area contributed by atoms with Gasteiger partial charge >= 0.3 is 5.97 Å². The van der Waals surface area contributed by atoms with Crippen molar-refractivity contribution in [1.29, 1.82) is 0 Å². The maximum absolute atomic E-state index is 12.6. The molecule has 20 heavy (non-hydrogen) atoms. The molecule has 1 aliphatic heterocycles. The lowest BCUT2D eigenvalue weighted by Crippen LogP contribution is -2.46. The Morgan fingerprint density at radius 1 is 1.50 bits per heavy atom. The summed E-state index contributed by atoms with van der Waals surface area (Å²) in [6, 6.07) is 2.65. The van der Waals surface area contributed by atoms with Gasteiger partial charge in [0.15, 0.2) is 0 Å². The van der Waals surface area contributed by atoms with E-state index in [-0.39, 0.29) is 24.0 Å². The molecule has 8 heteroatoms. The molecular weight excluding hydrogens is 302 g/mol. The molecule has 0 spiro atoms. The summed E-state index contributed by atoms with van der Waals surface area (Å²) in [5, 5.41) is 9.17. The van der Waals surface area contributed by atoms with Crippen LogP contribution in [-0.2, 0) is 19.6 Å². The number of carbonyl (C=O) groups is 1. The van der Waals surface area contributed by atoms with E-state index in [0.717, 1.165) is 4.88 Å². The van der Waals surface area contributed by atoms with Gasteiger partial charge < -0.3 is 9.84 Å². The zero-order valence-corrected chi connectivity index (χ0v) is 12.9. The van der Waals surface area contributed by atoms with Crippen LogP contribution >= 0.6 is 11.3 Å². The fourth-order valence-electron chi connectivity index (χ4n) is 2.31. The Balaban J connectivity index is 2.34. The van der Waals surface area contributed by atoms with Gasteiger partial charge in [0.2, 0.25) is 0 Å². The average molecular weight is 319 g/mol. The lowest BCUT2D eigenvalue weighted by atomic mass is 10.0. The zero-order chi connectivity index (χ0) is 14.9. The topological polar surface area (TPSA) is 83.9 Å². The Morgan fingerprint density at radius 2 is 2.20 bits per heavy atom. The quantitative estimate of drug-likeness (QED) is 0.880. The number of aryl methyl sites for hydroxylation is 1. The maximum Gasteiger partial charge on any atom is 0.310 e. The highest BCUT2D eigenvalue weighted by Crippen LogP contribution is 2.29. The predicted octanol–water partition coefficient (Wildman–Crippen LogP) is 1.17. The normalized spacial score (nSPS) is 23.4. The van der Waals surface area contributed by atoms with Crippen molar-refractivity contribution in [1.82, 2.24) is 4.31 Å². The molecule has 2 atom stereocenters. The number of aliphatic carboxylic acids is 1. The van der Waals surface area contributed by atoms with Crippen molar-refractivity contribution in [2.24, 2.45) is 5.92 Å². The van der Waals surface area contributed by atoms with Gasteiger partial charge in [0, 0.05) is 11.4 Å². The van der Waals surface area contributed by atoms with Gasteiger partial charge in [-0.2, -0.15) is 4.31 Å². The summed E-state index contributed by atoms with van der Waals surface area (Å²) in [7, 11) is -3.67. The van der Waals surface area contributed by atoms with E-state index in [0.29, 0.717) is 0 Å². The van der Waals surface area contributed by atoms with Crippen LogP contribution in [0, 0.1) is 12.8 Å². The molecule has 1 aliphatic rings. The van der Waals surface area contributed by atoms with E-state index >= 15 is 0 Å². The van der Waals surface area contributed by atoms with Crippen molar-refractivity contribution in [3.8, 4) is 0 Å². The minimum atomic E-state index is -3.67. The SMILES string of the molecule is CCN(C1COCC1C(=O)O)S(=O)(=O)c1ccc(C)s1. The Bertz CT molecular complexity index is 595. The summed E-state index contributed by atoms with van der Waals surface area (Å²) < 4.78 is 31.9. The average Bonchev–Trinajstić information content (AvgIpc) is 2.98. The monoisotopic (exact) mass is 319 g/mol. The number of nitrogens with zero attached hydrogens (tertiary/aromatic N) is 1. The van der Waals surface area contributed by atoms with Gasteiger partial charge in [-0.25, -0.2) is 8.42 Å². The summed E-state index contributed by atoms with van der Waals surface area (Å²) in [6.45, 7) is 3.93. The van der Waals surface area contributed by atoms with Gasteiger partial charge in [-0.1, -0.05) is 6.92 Å². The minimum absolute atomic E-state index is 0.0511. The standard InChI is InChI=1S/C12H17NO5S2/c1-3-13(10-7-18-6-9(10)12(14)15)20(16,17)11-5-4-8(2)19-11/h4-5,9-10H,3,6-7H2,1-2H3,(H,14,15). The molecule has 1 N–H and O–H groups in total. The first-order valence-electron chi connectivity index (χ1n) is 6.26. The van der Waals surface area contributed by atoms with E-state index in [2.05, 4.69) is 0 Å². The first kappa shape index (κ1) is 15.4. The van der Waals surface area contributed by atoms with E-state index in [9.17, 15) is 13.2 Å². The lowest BCUT2D eigenvalue weighted by Gasteiger charge is -2.27. The number of hydrogen-bond donors (Lipinski definition) is 1. The molecule has 112 valence electrons. The first-order chi connectivity index (χ1) is 9.37. The molecule has 2 rings (SSSR count). The molecule has 0 aromatic carbocycles. The van der Waals surface area contributed by atoms with Crippen molar-refractivity contribution in [3.63, 3.8) is 0 Å². The Hall–Kier alpha value is -0.960. The zero-order valence-electron chi connectivity index (χ0n) is 11.3. The Labute approximate surface area is 122 Å². The van der Waals surface area contributed by atoms with Crippen LogP contribution in [0.5, 0.6) is 0 Å². The lowest BCUT2D eigenvalue weighted by molar-refractivity contribution is -0.142. The molecule has 6 nitrogen and oxygen atoms in total. The number of likely N-dealkylation sites (N-methyl/N-ethyl adjacent to an activating group) is 1. The van der Waals surface area contributed by atoms with Crippen LogP contribution in [0.15, 0.2) is 16.3 Å². The van der Waals surface area contributed by atoms with Crippen LogP contribution in [-0.4, -0.2) is 49.6 Å². The molecule has 2 unspecified atom stereocenters.